The molecule has 5 nitrogen and oxygen atoms in total. The van der Waals surface area contributed by atoms with Crippen LogP contribution in [-0.4, -0.2) is 15.8 Å². The van der Waals surface area contributed by atoms with Crippen molar-refractivity contribution in [1.29, 1.82) is 0 Å². The number of fused-ring (bicyclic) bond motifs is 1. The van der Waals surface area contributed by atoms with E-state index < -0.39 is 10.5 Å². The minimum atomic E-state index is -0.434. The quantitative estimate of drug-likeness (QED) is 0.672. The number of halogens is 1. The molecule has 0 unspecified atom stereocenters. The molecule has 0 spiro atoms. The van der Waals surface area contributed by atoms with Gasteiger partial charge in [-0.1, -0.05) is 23.4 Å². The maximum absolute atomic E-state index is 10.9. The van der Waals surface area contributed by atoms with Crippen molar-refractivity contribution in [1.82, 2.24) is 0 Å². The molecule has 0 radical (unpaired) electrons. The van der Waals surface area contributed by atoms with Crippen LogP contribution in [0.2, 0.25) is 5.02 Å². The molecule has 1 aliphatic carbocycles. The number of nitrogens with two attached hydrogens (primary N) is 1. The molecular weight excluding hydrogens is 286 g/mol. The molecule has 0 bridgehead atoms. The zero-order chi connectivity index (χ0) is 13.6. The molecule has 0 saturated heterocycles. The summed E-state index contributed by atoms with van der Waals surface area (Å²) in [6, 6.07) is 4.52. The largest absolute Gasteiger partial charge is 0.379 e. The average molecular weight is 298 g/mol. The summed E-state index contributed by atoms with van der Waals surface area (Å²) in [6.45, 7) is 0. The van der Waals surface area contributed by atoms with Gasteiger partial charge in [0.1, 0.15) is 0 Å². The van der Waals surface area contributed by atoms with Gasteiger partial charge in [0, 0.05) is 28.5 Å². The Labute approximate surface area is 119 Å². The summed E-state index contributed by atoms with van der Waals surface area (Å²) in [5.41, 5.74) is 6.21. The minimum Gasteiger partial charge on any atom is -0.379 e. The van der Waals surface area contributed by atoms with Gasteiger partial charge in [-0.05, 0) is 24.8 Å². The number of nitro benzene ring substituents is 1. The lowest BCUT2D eigenvalue weighted by molar-refractivity contribution is -0.384. The van der Waals surface area contributed by atoms with Gasteiger partial charge >= 0.3 is 0 Å². The monoisotopic (exact) mass is 297 g/mol. The van der Waals surface area contributed by atoms with Crippen molar-refractivity contribution in [2.24, 2.45) is 16.6 Å². The van der Waals surface area contributed by atoms with E-state index in [1.54, 1.807) is 6.07 Å². The number of rotatable bonds is 2. The summed E-state index contributed by atoms with van der Waals surface area (Å²) in [5.74, 6) is 1.33. The Morgan fingerprint density at radius 3 is 3.11 bits per heavy atom. The third-order valence-corrected chi connectivity index (χ3v) is 4.88. The third kappa shape index (κ3) is 2.08. The van der Waals surface area contributed by atoms with Crippen molar-refractivity contribution in [2.45, 2.75) is 18.4 Å². The van der Waals surface area contributed by atoms with Gasteiger partial charge in [-0.2, -0.15) is 0 Å². The van der Waals surface area contributed by atoms with E-state index in [1.165, 1.54) is 23.9 Å². The Morgan fingerprint density at radius 1 is 1.58 bits per heavy atom. The second-order valence-corrected chi connectivity index (χ2v) is 6.36. The van der Waals surface area contributed by atoms with E-state index in [2.05, 4.69) is 4.99 Å². The van der Waals surface area contributed by atoms with Gasteiger partial charge in [-0.3, -0.25) is 15.1 Å². The number of benzene rings is 1. The lowest BCUT2D eigenvalue weighted by Gasteiger charge is -2.14. The normalized spacial score (nSPS) is 29.1. The molecule has 2 N–H and O–H groups in total. The van der Waals surface area contributed by atoms with E-state index in [4.69, 9.17) is 17.3 Å². The van der Waals surface area contributed by atoms with Crippen molar-refractivity contribution in [3.63, 3.8) is 0 Å². The lowest BCUT2D eigenvalue weighted by atomic mass is 10.0. The first kappa shape index (κ1) is 12.7. The zero-order valence-electron chi connectivity index (χ0n) is 10.0. The van der Waals surface area contributed by atoms with Crippen molar-refractivity contribution < 1.29 is 4.92 Å². The Hall–Kier alpha value is -1.27. The van der Waals surface area contributed by atoms with Crippen LogP contribution < -0.4 is 5.73 Å². The number of hydrogen-bond acceptors (Lipinski definition) is 5. The van der Waals surface area contributed by atoms with Gasteiger partial charge in [0.15, 0.2) is 5.17 Å². The van der Waals surface area contributed by atoms with Crippen LogP contribution in [0, 0.1) is 16.0 Å². The molecule has 1 aromatic rings. The molecule has 1 aliphatic heterocycles. The third-order valence-electron chi connectivity index (χ3n) is 3.73. The van der Waals surface area contributed by atoms with Crippen molar-refractivity contribution >= 4 is 34.2 Å². The zero-order valence-corrected chi connectivity index (χ0v) is 11.6. The molecule has 1 aromatic carbocycles. The first-order valence-electron chi connectivity index (χ1n) is 5.95. The Balaban J connectivity index is 2.09. The standard InChI is InChI=1S/C12H12ClN3O2S/c13-10-2-1-8(16(17)18)5-9(10)12-6-7(12)3-4-19-11(14)15-12/h1-2,5,7H,3-4,6H2,(H2,14,15)/t7-,12+/m0/s1. The first-order valence-corrected chi connectivity index (χ1v) is 7.32. The summed E-state index contributed by atoms with van der Waals surface area (Å²) >= 11 is 7.75. The average Bonchev–Trinajstić information content (AvgIpc) is 3.03. The van der Waals surface area contributed by atoms with Gasteiger partial charge in [0.2, 0.25) is 0 Å². The number of non-ortho nitro benzene ring substituents is 1. The SMILES string of the molecule is NC1=N[C@]2(c3cc([N+](=O)[O-])ccc3Cl)C[C@@H]2CCS1. The van der Waals surface area contributed by atoms with Crippen LogP contribution in [0.5, 0.6) is 0 Å². The molecule has 19 heavy (non-hydrogen) atoms. The molecule has 0 amide bonds. The smallest absolute Gasteiger partial charge is 0.269 e. The van der Waals surface area contributed by atoms with Crippen LogP contribution in [0.3, 0.4) is 0 Å². The lowest BCUT2D eigenvalue weighted by Crippen LogP contribution is -2.14. The van der Waals surface area contributed by atoms with E-state index in [9.17, 15) is 10.1 Å². The van der Waals surface area contributed by atoms with Gasteiger partial charge in [0.05, 0.1) is 10.5 Å². The molecule has 2 aliphatic rings. The van der Waals surface area contributed by atoms with E-state index in [1.807, 2.05) is 0 Å². The predicted octanol–water partition coefficient (Wildman–Crippen LogP) is 2.92. The molecule has 3 rings (SSSR count). The topological polar surface area (TPSA) is 81.5 Å². The number of amidine groups is 1. The van der Waals surface area contributed by atoms with Crippen molar-refractivity contribution in [3.05, 3.63) is 38.9 Å². The fourth-order valence-corrected chi connectivity index (χ4v) is 3.80. The van der Waals surface area contributed by atoms with E-state index in [0.29, 0.717) is 16.1 Å². The number of thioether (sulfide) groups is 1. The summed E-state index contributed by atoms with van der Waals surface area (Å²) < 4.78 is 0. The number of hydrogen-bond donors (Lipinski definition) is 1. The molecule has 2 atom stereocenters. The summed E-state index contributed by atoms with van der Waals surface area (Å²) in [5, 5.41) is 12.0. The molecule has 1 saturated carbocycles. The summed E-state index contributed by atoms with van der Waals surface area (Å²) in [6.07, 6.45) is 1.88. The van der Waals surface area contributed by atoms with E-state index >= 15 is 0 Å². The molecular formula is C12H12ClN3O2S. The predicted molar refractivity (Wildman–Crippen MR) is 76.6 cm³/mol. The van der Waals surface area contributed by atoms with Crippen LogP contribution in [0.4, 0.5) is 5.69 Å². The first-order chi connectivity index (χ1) is 9.03. The van der Waals surface area contributed by atoms with E-state index in [-0.39, 0.29) is 5.69 Å². The maximum Gasteiger partial charge on any atom is 0.269 e. The highest BCUT2D eigenvalue weighted by molar-refractivity contribution is 8.13. The highest BCUT2D eigenvalue weighted by Crippen LogP contribution is 2.60. The number of nitro groups is 1. The Kier molecular flexibility index (Phi) is 2.94. The highest BCUT2D eigenvalue weighted by atomic mass is 35.5. The van der Waals surface area contributed by atoms with Gasteiger partial charge < -0.3 is 5.73 Å². The maximum atomic E-state index is 10.9. The van der Waals surface area contributed by atoms with Crippen molar-refractivity contribution in [3.8, 4) is 0 Å². The van der Waals surface area contributed by atoms with Crippen LogP contribution in [0.1, 0.15) is 18.4 Å². The van der Waals surface area contributed by atoms with Gasteiger partial charge in [0.25, 0.3) is 5.69 Å². The van der Waals surface area contributed by atoms with Crippen LogP contribution >= 0.6 is 23.4 Å². The fourth-order valence-electron chi connectivity index (χ4n) is 2.68. The summed E-state index contributed by atoms with van der Waals surface area (Å²) in [7, 11) is 0. The number of aliphatic imine (C=N–C) groups is 1. The summed E-state index contributed by atoms with van der Waals surface area (Å²) in [4.78, 5) is 15.0. The van der Waals surface area contributed by atoms with Crippen LogP contribution in [0.15, 0.2) is 23.2 Å². The van der Waals surface area contributed by atoms with E-state index in [0.717, 1.165) is 24.2 Å². The highest BCUT2D eigenvalue weighted by Gasteiger charge is 2.57. The second-order valence-electron chi connectivity index (χ2n) is 4.83. The van der Waals surface area contributed by atoms with Crippen LogP contribution in [0.25, 0.3) is 0 Å². The number of nitrogens with zero attached hydrogens (tertiary/aromatic N) is 2. The fraction of sp³-hybridized carbons (Fsp3) is 0.417. The minimum absolute atomic E-state index is 0.0464. The van der Waals surface area contributed by atoms with Crippen LogP contribution in [-0.2, 0) is 5.54 Å². The molecule has 100 valence electrons. The Morgan fingerprint density at radius 2 is 2.37 bits per heavy atom. The molecule has 1 fully saturated rings. The van der Waals surface area contributed by atoms with Crippen molar-refractivity contribution in [2.75, 3.05) is 5.75 Å². The molecule has 0 aromatic heterocycles. The Bertz CT molecular complexity index is 592. The molecule has 1 heterocycles. The van der Waals surface area contributed by atoms with Gasteiger partial charge in [-0.25, -0.2) is 0 Å². The molecule has 7 heteroatoms. The van der Waals surface area contributed by atoms with Gasteiger partial charge in [-0.15, -0.1) is 0 Å². The second kappa shape index (κ2) is 4.38.